The Morgan fingerprint density at radius 1 is 0.892 bits per heavy atom. The van der Waals surface area contributed by atoms with E-state index in [9.17, 15) is 43.5 Å². The molecule has 1 atom stereocenters. The highest BCUT2D eigenvalue weighted by atomic mass is 79.9. The summed E-state index contributed by atoms with van der Waals surface area (Å²) < 4.78 is 147. The molecule has 37 heavy (non-hydrogen) atoms. The first-order chi connectivity index (χ1) is 17.2. The van der Waals surface area contributed by atoms with Crippen LogP contribution < -0.4 is 13.7 Å². The molecule has 0 saturated heterocycles. The van der Waals surface area contributed by atoms with Gasteiger partial charge in [-0.25, -0.2) is 13.2 Å². The van der Waals surface area contributed by atoms with Gasteiger partial charge in [0.2, 0.25) is 34.8 Å². The minimum atomic E-state index is -5.11. The van der Waals surface area contributed by atoms with Crippen molar-refractivity contribution in [1.29, 1.82) is 0 Å². The number of hydrogen-bond acceptors (Lipinski definition) is 5. The Morgan fingerprint density at radius 3 is 2.11 bits per heavy atom. The maximum atomic E-state index is 13.9. The van der Waals surface area contributed by atoms with Crippen LogP contribution in [0, 0.1) is 29.1 Å². The predicted octanol–water partition coefficient (Wildman–Crippen LogP) is 6.83. The molecule has 5 nitrogen and oxygen atoms in total. The van der Waals surface area contributed by atoms with Gasteiger partial charge < -0.3 is 13.7 Å². The van der Waals surface area contributed by atoms with Crippen LogP contribution in [0.2, 0.25) is 0 Å². The lowest BCUT2D eigenvalue weighted by molar-refractivity contribution is -0.137. The van der Waals surface area contributed by atoms with Crippen LogP contribution in [0.15, 0.2) is 45.8 Å². The lowest BCUT2D eigenvalue weighted by atomic mass is 10.0. The topological polar surface area (TPSA) is 61.8 Å². The Labute approximate surface area is 211 Å². The van der Waals surface area contributed by atoms with Crippen LogP contribution >= 0.6 is 15.9 Å². The van der Waals surface area contributed by atoms with Crippen molar-refractivity contribution >= 4 is 26.0 Å². The summed E-state index contributed by atoms with van der Waals surface area (Å²) in [7, 11) is -5.11. The Hall–Kier alpha value is -3.07. The summed E-state index contributed by atoms with van der Waals surface area (Å²) in [6.07, 6.45) is -5.16. The van der Waals surface area contributed by atoms with Gasteiger partial charge in [0.25, 0.3) is 0 Å². The summed E-state index contributed by atoms with van der Waals surface area (Å²) in [5, 5.41) is 0. The molecule has 4 rings (SSSR count). The van der Waals surface area contributed by atoms with E-state index >= 15 is 0 Å². The van der Waals surface area contributed by atoms with Crippen molar-refractivity contribution in [2.24, 2.45) is 0 Å². The molecule has 1 unspecified atom stereocenters. The smallest absolute Gasteiger partial charge is 0.416 e. The highest BCUT2D eigenvalue weighted by molar-refractivity contribution is 9.10. The highest BCUT2D eigenvalue weighted by Crippen LogP contribution is 2.41. The predicted molar refractivity (Wildman–Crippen MR) is 113 cm³/mol. The quantitative estimate of drug-likeness (QED) is 0.136. The zero-order chi connectivity index (χ0) is 27.3. The molecule has 0 bridgehead atoms. The van der Waals surface area contributed by atoms with Gasteiger partial charge in [0, 0.05) is 18.1 Å². The molecule has 3 aromatic carbocycles. The molecule has 0 N–H and O–H groups in total. The average molecular weight is 619 g/mol. The number of alkyl halides is 3. The van der Waals surface area contributed by atoms with E-state index in [4.69, 9.17) is 9.47 Å². The van der Waals surface area contributed by atoms with Crippen LogP contribution in [0.5, 0.6) is 17.2 Å². The van der Waals surface area contributed by atoms with Crippen molar-refractivity contribution in [1.82, 2.24) is 0 Å². The highest BCUT2D eigenvalue weighted by Gasteiger charge is 2.33. The Kier molecular flexibility index (Phi) is 7.05. The molecular weight excluding hydrogens is 608 g/mol. The first kappa shape index (κ1) is 27.0. The third kappa shape index (κ3) is 5.19. The van der Waals surface area contributed by atoms with Crippen LogP contribution in [0.25, 0.3) is 0 Å². The van der Waals surface area contributed by atoms with Gasteiger partial charge in [-0.2, -0.15) is 30.4 Å². The minimum Gasteiger partial charge on any atom is -0.493 e. The van der Waals surface area contributed by atoms with Crippen molar-refractivity contribution in [3.63, 3.8) is 0 Å². The number of rotatable bonds is 5. The number of halogens is 9. The minimum absolute atomic E-state index is 0.00535. The van der Waals surface area contributed by atoms with E-state index in [1.807, 2.05) is 0 Å². The largest absolute Gasteiger partial charge is 0.493 e. The normalized spacial score (nSPS) is 15.6. The monoisotopic (exact) mass is 618 g/mol. The first-order valence-corrected chi connectivity index (χ1v) is 12.2. The van der Waals surface area contributed by atoms with Gasteiger partial charge >= 0.3 is 16.3 Å². The number of hydrogen-bond donors (Lipinski definition) is 0. The molecule has 0 aliphatic carbocycles. The van der Waals surface area contributed by atoms with E-state index in [2.05, 4.69) is 20.1 Å². The van der Waals surface area contributed by atoms with Gasteiger partial charge in [0.15, 0.2) is 0 Å². The Morgan fingerprint density at radius 2 is 1.51 bits per heavy atom. The van der Waals surface area contributed by atoms with Crippen LogP contribution in [0.1, 0.15) is 23.7 Å². The molecule has 198 valence electrons. The van der Waals surface area contributed by atoms with Crippen LogP contribution in [0.3, 0.4) is 0 Å². The molecule has 0 amide bonds. The molecular formula is C22H11BrF8O5S. The molecule has 3 aromatic rings. The van der Waals surface area contributed by atoms with E-state index in [1.54, 1.807) is 0 Å². The maximum Gasteiger partial charge on any atom is 0.416 e. The van der Waals surface area contributed by atoms with E-state index in [1.165, 1.54) is 6.07 Å². The molecule has 0 radical (unpaired) electrons. The fourth-order valence-corrected chi connectivity index (χ4v) is 4.78. The molecule has 1 heterocycles. The van der Waals surface area contributed by atoms with Crippen molar-refractivity contribution in [2.75, 3.05) is 6.61 Å². The van der Waals surface area contributed by atoms with Crippen LogP contribution in [-0.4, -0.2) is 15.0 Å². The van der Waals surface area contributed by atoms with E-state index in [0.29, 0.717) is 0 Å². The molecule has 0 fully saturated rings. The number of fused-ring (bicyclic) bond motifs is 1. The second kappa shape index (κ2) is 9.67. The van der Waals surface area contributed by atoms with Crippen molar-refractivity contribution < 1.29 is 57.2 Å². The Bertz CT molecular complexity index is 1460. The van der Waals surface area contributed by atoms with Crippen LogP contribution in [0.4, 0.5) is 35.1 Å². The summed E-state index contributed by atoms with van der Waals surface area (Å²) in [4.78, 5) is -0.744. The van der Waals surface area contributed by atoms with Crippen molar-refractivity contribution in [3.8, 4) is 17.2 Å². The molecule has 15 heteroatoms. The summed E-state index contributed by atoms with van der Waals surface area (Å²) >= 11 is 3.01. The maximum absolute atomic E-state index is 13.9. The standard InChI is InChI=1S/C22H11BrF8O5S/c23-12-7-9(22(29,30)31)1-4-14(12)35-13-5-6-34-15-8-10(2-3-11(13)15)37(32,33)36-21-19(27)17(25)16(24)18(26)20(21)28/h1-4,7-8,13H,5-6H2. The average Bonchev–Trinajstić information content (AvgIpc) is 2.84. The molecule has 0 spiro atoms. The fourth-order valence-electron chi connectivity index (χ4n) is 3.36. The van der Waals surface area contributed by atoms with Crippen LogP contribution in [-0.2, 0) is 16.3 Å². The Balaban J connectivity index is 1.62. The van der Waals surface area contributed by atoms with E-state index in [-0.39, 0.29) is 34.6 Å². The summed E-state index contributed by atoms with van der Waals surface area (Å²) in [6.45, 7) is -0.0160. The van der Waals surface area contributed by atoms with Gasteiger partial charge in [-0.15, -0.1) is 0 Å². The van der Waals surface area contributed by atoms with Crippen molar-refractivity contribution in [2.45, 2.75) is 23.6 Å². The van der Waals surface area contributed by atoms with E-state index < -0.39 is 67.7 Å². The summed E-state index contributed by atoms with van der Waals surface area (Å²) in [5.74, 6) is -14.3. The molecule has 1 aliphatic rings. The zero-order valence-corrected chi connectivity index (χ0v) is 20.2. The third-order valence-corrected chi connectivity index (χ3v) is 6.99. The number of ether oxygens (including phenoxy) is 2. The fraction of sp³-hybridized carbons (Fsp3) is 0.182. The number of benzene rings is 3. The lowest BCUT2D eigenvalue weighted by Crippen LogP contribution is -2.20. The SMILES string of the molecule is O=S(=O)(Oc1c(F)c(F)c(F)c(F)c1F)c1ccc2c(c1)OCCC2Oc1ccc(C(F)(F)F)cc1Br. The first-order valence-electron chi connectivity index (χ1n) is 9.96. The summed E-state index contributed by atoms with van der Waals surface area (Å²) in [5.41, 5.74) is -0.643. The van der Waals surface area contributed by atoms with Crippen molar-refractivity contribution in [3.05, 3.63) is 81.1 Å². The van der Waals surface area contributed by atoms with E-state index in [0.717, 1.165) is 30.3 Å². The van der Waals surface area contributed by atoms with Gasteiger partial charge in [-0.1, -0.05) is 6.07 Å². The second-order valence-electron chi connectivity index (χ2n) is 7.52. The summed E-state index contributed by atoms with van der Waals surface area (Å²) in [6, 6.07) is 5.71. The van der Waals surface area contributed by atoms with Gasteiger partial charge in [-0.05, 0) is 40.2 Å². The lowest BCUT2D eigenvalue weighted by Gasteiger charge is -2.27. The molecule has 0 aromatic heterocycles. The van der Waals surface area contributed by atoms with Gasteiger partial charge in [0.1, 0.15) is 22.5 Å². The zero-order valence-electron chi connectivity index (χ0n) is 17.8. The molecule has 0 saturated carbocycles. The second-order valence-corrected chi connectivity index (χ2v) is 9.92. The molecule has 1 aliphatic heterocycles. The third-order valence-electron chi connectivity index (χ3n) is 5.15. The van der Waals surface area contributed by atoms with Gasteiger partial charge in [0.05, 0.1) is 16.6 Å². The van der Waals surface area contributed by atoms with Gasteiger partial charge in [-0.3, -0.25) is 0 Å².